The molecule has 0 unspecified atom stereocenters. The molecule has 1 atom stereocenters. The SMILES string of the molecule is CCOC(=O)C1=C(C)N=c2s/c(=C/c3cc(Br)c(Sc4nc(C)cc(=O)[nH]4)o3)c(=O)n2[C@H]1c1cc(OC)c(OC)c(OC)c1. The van der Waals surface area contributed by atoms with E-state index in [0.717, 1.165) is 23.1 Å². The van der Waals surface area contributed by atoms with Crippen LogP contribution in [0.3, 0.4) is 0 Å². The zero-order valence-corrected chi connectivity index (χ0v) is 27.7. The lowest BCUT2D eigenvalue weighted by Gasteiger charge is -2.26. The predicted octanol–water partition coefficient (Wildman–Crippen LogP) is 3.72. The summed E-state index contributed by atoms with van der Waals surface area (Å²) in [6.07, 6.45) is 1.60. The lowest BCUT2D eigenvalue weighted by Crippen LogP contribution is -2.40. The summed E-state index contributed by atoms with van der Waals surface area (Å²) in [5.74, 6) is 0.867. The summed E-state index contributed by atoms with van der Waals surface area (Å²) in [6.45, 7) is 5.27. The van der Waals surface area contributed by atoms with Crippen molar-refractivity contribution in [2.75, 3.05) is 27.9 Å². The Labute approximate surface area is 267 Å². The van der Waals surface area contributed by atoms with Gasteiger partial charge in [0.15, 0.2) is 26.5 Å². The fourth-order valence-corrected chi connectivity index (χ4v) is 7.08. The summed E-state index contributed by atoms with van der Waals surface area (Å²) in [7, 11) is 4.46. The first-order valence-electron chi connectivity index (χ1n) is 13.1. The third-order valence-corrected chi connectivity index (χ3v) is 9.21. The number of ether oxygens (including phenoxy) is 4. The maximum Gasteiger partial charge on any atom is 0.338 e. The molecule has 0 amide bonds. The molecule has 15 heteroatoms. The number of carbonyl (C=O) groups excluding carboxylic acids is 1. The van der Waals surface area contributed by atoms with Crippen LogP contribution >= 0.6 is 39.0 Å². The van der Waals surface area contributed by atoms with E-state index in [1.807, 2.05) is 0 Å². The lowest BCUT2D eigenvalue weighted by atomic mass is 9.95. The first-order valence-corrected chi connectivity index (χ1v) is 15.6. The zero-order chi connectivity index (χ0) is 31.7. The van der Waals surface area contributed by atoms with Crippen LogP contribution in [0, 0.1) is 6.92 Å². The molecule has 0 saturated heterocycles. The number of thiazole rings is 1. The number of nitrogens with one attached hydrogen (secondary N) is 1. The average Bonchev–Trinajstić information content (AvgIpc) is 3.47. The smallest absolute Gasteiger partial charge is 0.338 e. The Balaban J connectivity index is 1.66. The number of aryl methyl sites for hydroxylation is 1. The van der Waals surface area contributed by atoms with Gasteiger partial charge < -0.3 is 28.3 Å². The average molecular weight is 704 g/mol. The summed E-state index contributed by atoms with van der Waals surface area (Å²) >= 11 is 5.76. The first kappa shape index (κ1) is 31.3. The van der Waals surface area contributed by atoms with Gasteiger partial charge >= 0.3 is 5.97 Å². The number of aromatic nitrogens is 3. The number of furan rings is 1. The van der Waals surface area contributed by atoms with Crippen LogP contribution in [0.25, 0.3) is 6.08 Å². The third kappa shape index (κ3) is 5.99. The highest BCUT2D eigenvalue weighted by Crippen LogP contribution is 2.42. The van der Waals surface area contributed by atoms with E-state index in [9.17, 15) is 14.4 Å². The van der Waals surface area contributed by atoms with Crippen molar-refractivity contribution >= 4 is 51.1 Å². The van der Waals surface area contributed by atoms with Gasteiger partial charge in [-0.15, -0.1) is 0 Å². The van der Waals surface area contributed by atoms with Gasteiger partial charge in [-0.05, 0) is 72.2 Å². The number of benzene rings is 1. The highest BCUT2D eigenvalue weighted by Gasteiger charge is 2.34. The Morgan fingerprint density at radius 1 is 1.14 bits per heavy atom. The molecule has 1 aliphatic heterocycles. The van der Waals surface area contributed by atoms with E-state index in [0.29, 0.717) is 64.0 Å². The molecule has 0 saturated carbocycles. The number of H-pyrrole nitrogens is 1. The number of allylic oxidation sites excluding steroid dienone is 1. The summed E-state index contributed by atoms with van der Waals surface area (Å²) in [4.78, 5) is 51.2. The van der Waals surface area contributed by atoms with Gasteiger partial charge in [0.05, 0.1) is 54.3 Å². The van der Waals surface area contributed by atoms with E-state index in [1.165, 1.54) is 32.0 Å². The van der Waals surface area contributed by atoms with E-state index in [4.69, 9.17) is 23.4 Å². The largest absolute Gasteiger partial charge is 0.493 e. The van der Waals surface area contributed by atoms with Crippen molar-refractivity contribution in [3.05, 3.63) is 87.1 Å². The van der Waals surface area contributed by atoms with E-state index >= 15 is 0 Å². The van der Waals surface area contributed by atoms with Crippen LogP contribution in [0.5, 0.6) is 17.2 Å². The number of hydrogen-bond donors (Lipinski definition) is 1. The van der Waals surface area contributed by atoms with Crippen molar-refractivity contribution in [2.45, 2.75) is 37.1 Å². The Hall–Kier alpha value is -4.08. The van der Waals surface area contributed by atoms with Gasteiger partial charge in [-0.1, -0.05) is 11.3 Å². The Bertz CT molecular complexity index is 2020. The van der Waals surface area contributed by atoms with E-state index in [-0.39, 0.29) is 17.7 Å². The molecule has 0 radical (unpaired) electrons. The monoisotopic (exact) mass is 702 g/mol. The summed E-state index contributed by atoms with van der Waals surface area (Å²) in [6, 6.07) is 5.59. The molecule has 0 spiro atoms. The molecule has 1 aliphatic rings. The van der Waals surface area contributed by atoms with Crippen molar-refractivity contribution < 1.29 is 28.2 Å². The second-order valence-corrected chi connectivity index (χ2v) is 12.2. The van der Waals surface area contributed by atoms with Crippen LogP contribution in [0.1, 0.15) is 36.9 Å². The first-order chi connectivity index (χ1) is 21.1. The number of nitrogens with zero attached hydrogens (tertiary/aromatic N) is 3. The Kier molecular flexibility index (Phi) is 9.18. The molecular weight excluding hydrogens is 676 g/mol. The Morgan fingerprint density at radius 2 is 1.84 bits per heavy atom. The zero-order valence-electron chi connectivity index (χ0n) is 24.5. The van der Waals surface area contributed by atoms with E-state index < -0.39 is 17.6 Å². The van der Waals surface area contributed by atoms with Crippen LogP contribution < -0.4 is 34.7 Å². The van der Waals surface area contributed by atoms with Crippen molar-refractivity contribution in [3.8, 4) is 17.2 Å². The van der Waals surface area contributed by atoms with Gasteiger partial charge in [-0.3, -0.25) is 14.2 Å². The molecule has 1 N–H and O–H groups in total. The number of methoxy groups -OCH3 is 3. The normalized spacial score (nSPS) is 14.7. The minimum Gasteiger partial charge on any atom is -0.493 e. The highest BCUT2D eigenvalue weighted by molar-refractivity contribution is 9.10. The second kappa shape index (κ2) is 12.9. The molecule has 4 aromatic rings. The molecule has 3 aromatic heterocycles. The molecule has 5 rings (SSSR count). The van der Waals surface area contributed by atoms with Crippen molar-refractivity contribution in [1.82, 2.24) is 14.5 Å². The van der Waals surface area contributed by atoms with Gasteiger partial charge in [-0.25, -0.2) is 14.8 Å². The minimum absolute atomic E-state index is 0.141. The van der Waals surface area contributed by atoms with Gasteiger partial charge in [0.2, 0.25) is 5.75 Å². The maximum atomic E-state index is 14.0. The molecule has 0 aliphatic carbocycles. The molecule has 12 nitrogen and oxygen atoms in total. The summed E-state index contributed by atoms with van der Waals surface area (Å²) in [5, 5.41) is 0.803. The van der Waals surface area contributed by atoms with Crippen molar-refractivity contribution in [2.24, 2.45) is 4.99 Å². The van der Waals surface area contributed by atoms with Crippen LogP contribution in [0.2, 0.25) is 0 Å². The van der Waals surface area contributed by atoms with Crippen molar-refractivity contribution in [3.63, 3.8) is 0 Å². The molecular formula is C29H27BrN4O8S2. The van der Waals surface area contributed by atoms with Crippen molar-refractivity contribution in [1.29, 1.82) is 0 Å². The van der Waals surface area contributed by atoms with Crippen LogP contribution in [0.15, 0.2) is 69.3 Å². The standard InChI is InChI=1S/C29H27BrN4O8S2/c1-7-41-26(37)22-14(3)32-29-34(23(22)15-9-18(38-4)24(40-6)19(10-15)39-5)25(36)20(43-29)12-16-11-17(30)27(42-16)44-28-31-13(2)8-21(35)33-28/h8-12,23H,7H2,1-6H3,(H,31,33,35)/b20-12+/t23-/m0/s1. The van der Waals surface area contributed by atoms with Crippen LogP contribution in [-0.4, -0.2) is 48.4 Å². The summed E-state index contributed by atoms with van der Waals surface area (Å²) < 4.78 is 30.4. The van der Waals surface area contributed by atoms with Gasteiger partial charge in [0.1, 0.15) is 5.76 Å². The highest BCUT2D eigenvalue weighted by atomic mass is 79.9. The predicted molar refractivity (Wildman–Crippen MR) is 167 cm³/mol. The quantitative estimate of drug-likeness (QED) is 0.202. The minimum atomic E-state index is -0.903. The topological polar surface area (TPSA) is 147 Å². The van der Waals surface area contributed by atoms with Crippen LogP contribution in [-0.2, 0) is 9.53 Å². The number of rotatable bonds is 9. The number of esters is 1. The third-order valence-electron chi connectivity index (χ3n) is 6.51. The van der Waals surface area contributed by atoms with E-state index in [1.54, 1.807) is 45.0 Å². The summed E-state index contributed by atoms with van der Waals surface area (Å²) in [5.41, 5.74) is 1.05. The number of halogens is 1. The number of aromatic amines is 1. The Morgan fingerprint density at radius 3 is 2.45 bits per heavy atom. The molecule has 44 heavy (non-hydrogen) atoms. The maximum absolute atomic E-state index is 14.0. The molecule has 230 valence electrons. The van der Waals surface area contributed by atoms with E-state index in [2.05, 4.69) is 30.9 Å². The lowest BCUT2D eigenvalue weighted by molar-refractivity contribution is -0.139. The molecule has 0 fully saturated rings. The second-order valence-electron chi connectivity index (χ2n) is 9.34. The number of hydrogen-bond acceptors (Lipinski definition) is 12. The van der Waals surface area contributed by atoms with Crippen LogP contribution in [0.4, 0.5) is 0 Å². The molecule has 4 heterocycles. The fraction of sp³-hybridized carbons (Fsp3) is 0.276. The molecule has 1 aromatic carbocycles. The number of carbonyl (C=O) groups is 1. The number of fused-ring (bicyclic) bond motifs is 1. The molecule has 0 bridgehead atoms. The van der Waals surface area contributed by atoms with Gasteiger partial charge in [0.25, 0.3) is 11.1 Å². The van der Waals surface area contributed by atoms with Gasteiger partial charge in [-0.2, -0.15) is 0 Å². The fourth-order valence-electron chi connectivity index (χ4n) is 4.69. The van der Waals surface area contributed by atoms with Gasteiger partial charge in [0, 0.05) is 17.8 Å².